The number of hydrogen-bond acceptors (Lipinski definition) is 4. The Hall–Kier alpha value is -1.62. The predicted octanol–water partition coefficient (Wildman–Crippen LogP) is 4.35. The molecule has 1 saturated heterocycles. The number of cyclic esters (lactones) is 1. The van der Waals surface area contributed by atoms with Crippen LogP contribution in [-0.2, 0) is 14.3 Å². The fourth-order valence-electron chi connectivity index (χ4n) is 5.82. The standard InChI is InChI=1S/C24H36O5/c1-5-24(4,23(27)28)20-11-14(2)10-16-7-6-15(3)19(22(16)20)9-8-18-12-17(25)13-21(26)29-18/h6-7,10,14-15,17-20,22,25H,5,8-9,11-13H2,1-4H3,(H,27,28)/t14-,15-,17+,18+,19-,20-,22+,24-/m0/s1. The summed E-state index contributed by atoms with van der Waals surface area (Å²) in [5, 5.41) is 20.0. The van der Waals surface area contributed by atoms with Crippen LogP contribution < -0.4 is 0 Å². The van der Waals surface area contributed by atoms with Crippen molar-refractivity contribution in [1.82, 2.24) is 0 Å². The maximum absolute atomic E-state index is 12.3. The van der Waals surface area contributed by atoms with E-state index in [1.165, 1.54) is 5.57 Å². The minimum absolute atomic E-state index is 0.0805. The molecule has 0 spiro atoms. The van der Waals surface area contributed by atoms with Crippen molar-refractivity contribution in [2.45, 2.75) is 78.4 Å². The fraction of sp³-hybridized carbons (Fsp3) is 0.750. The molecule has 5 nitrogen and oxygen atoms in total. The van der Waals surface area contributed by atoms with Crippen LogP contribution in [0, 0.1) is 35.0 Å². The van der Waals surface area contributed by atoms with Gasteiger partial charge in [0.1, 0.15) is 6.10 Å². The molecule has 0 bridgehead atoms. The Balaban J connectivity index is 1.85. The molecule has 3 rings (SSSR count). The largest absolute Gasteiger partial charge is 0.481 e. The number of carboxylic acid groups (broad SMARTS) is 1. The minimum Gasteiger partial charge on any atom is -0.481 e. The molecule has 8 atom stereocenters. The van der Waals surface area contributed by atoms with E-state index in [2.05, 4.69) is 32.1 Å². The van der Waals surface area contributed by atoms with Gasteiger partial charge in [-0.15, -0.1) is 0 Å². The first-order chi connectivity index (χ1) is 13.7. The van der Waals surface area contributed by atoms with Gasteiger partial charge >= 0.3 is 11.9 Å². The molecule has 2 aliphatic carbocycles. The van der Waals surface area contributed by atoms with E-state index < -0.39 is 17.5 Å². The number of hydrogen-bond donors (Lipinski definition) is 2. The van der Waals surface area contributed by atoms with Crippen molar-refractivity contribution < 1.29 is 24.5 Å². The van der Waals surface area contributed by atoms with Crippen molar-refractivity contribution in [3.63, 3.8) is 0 Å². The predicted molar refractivity (Wildman–Crippen MR) is 111 cm³/mol. The van der Waals surface area contributed by atoms with E-state index in [9.17, 15) is 19.8 Å². The van der Waals surface area contributed by atoms with Gasteiger partial charge in [0.05, 0.1) is 17.9 Å². The van der Waals surface area contributed by atoms with Gasteiger partial charge in [-0.25, -0.2) is 0 Å². The normalized spacial score (nSPS) is 39.1. The molecule has 0 radical (unpaired) electrons. The molecular formula is C24H36O5. The van der Waals surface area contributed by atoms with Crippen LogP contribution in [-0.4, -0.2) is 34.4 Å². The first-order valence-corrected chi connectivity index (χ1v) is 11.2. The second kappa shape index (κ2) is 8.63. The molecule has 1 heterocycles. The summed E-state index contributed by atoms with van der Waals surface area (Å²) in [6.45, 7) is 8.28. The van der Waals surface area contributed by atoms with Crippen molar-refractivity contribution >= 4 is 11.9 Å². The summed E-state index contributed by atoms with van der Waals surface area (Å²) in [6, 6.07) is 0. The molecule has 0 saturated carbocycles. The molecule has 162 valence electrons. The second-order valence-corrected chi connectivity index (χ2v) is 9.75. The summed E-state index contributed by atoms with van der Waals surface area (Å²) in [5.74, 6) is 0.278. The first kappa shape index (κ1) is 22.1. The van der Waals surface area contributed by atoms with E-state index in [0.29, 0.717) is 37.0 Å². The number of aliphatic hydroxyl groups is 1. The van der Waals surface area contributed by atoms with E-state index in [1.807, 2.05) is 13.8 Å². The number of ether oxygens (including phenoxy) is 1. The van der Waals surface area contributed by atoms with Gasteiger partial charge < -0.3 is 14.9 Å². The number of esters is 1. The number of aliphatic hydroxyl groups excluding tert-OH is 1. The quantitative estimate of drug-likeness (QED) is 0.643. The Morgan fingerprint density at radius 2 is 2.00 bits per heavy atom. The monoisotopic (exact) mass is 404 g/mol. The van der Waals surface area contributed by atoms with E-state index in [0.717, 1.165) is 12.8 Å². The molecule has 29 heavy (non-hydrogen) atoms. The summed E-state index contributed by atoms with van der Waals surface area (Å²) >= 11 is 0. The molecule has 0 aromatic heterocycles. The molecule has 3 aliphatic rings. The molecule has 1 fully saturated rings. The average molecular weight is 405 g/mol. The van der Waals surface area contributed by atoms with Crippen LogP contribution in [0.15, 0.2) is 23.8 Å². The van der Waals surface area contributed by atoms with Gasteiger partial charge in [0.15, 0.2) is 0 Å². The van der Waals surface area contributed by atoms with Gasteiger partial charge in [-0.2, -0.15) is 0 Å². The zero-order valence-electron chi connectivity index (χ0n) is 18.1. The van der Waals surface area contributed by atoms with Crippen LogP contribution in [0.5, 0.6) is 0 Å². The molecule has 5 heteroatoms. The van der Waals surface area contributed by atoms with Gasteiger partial charge in [0.25, 0.3) is 0 Å². The Labute approximate surface area is 174 Å². The average Bonchev–Trinajstić information content (AvgIpc) is 2.65. The van der Waals surface area contributed by atoms with Crippen molar-refractivity contribution in [3.05, 3.63) is 23.8 Å². The smallest absolute Gasteiger partial charge is 0.309 e. The fourth-order valence-corrected chi connectivity index (χ4v) is 5.82. The molecule has 0 aromatic carbocycles. The van der Waals surface area contributed by atoms with E-state index >= 15 is 0 Å². The van der Waals surface area contributed by atoms with Crippen LogP contribution in [0.25, 0.3) is 0 Å². The van der Waals surface area contributed by atoms with Gasteiger partial charge in [-0.3, -0.25) is 9.59 Å². The lowest BCUT2D eigenvalue weighted by molar-refractivity contribution is -0.161. The van der Waals surface area contributed by atoms with Crippen molar-refractivity contribution in [3.8, 4) is 0 Å². The Morgan fingerprint density at radius 1 is 1.28 bits per heavy atom. The molecule has 1 aliphatic heterocycles. The van der Waals surface area contributed by atoms with E-state index in [1.54, 1.807) is 0 Å². The van der Waals surface area contributed by atoms with Crippen LogP contribution in [0.3, 0.4) is 0 Å². The number of carboxylic acids is 1. The van der Waals surface area contributed by atoms with Crippen molar-refractivity contribution in [1.29, 1.82) is 0 Å². The Bertz CT molecular complexity index is 695. The van der Waals surface area contributed by atoms with Crippen LogP contribution in [0.2, 0.25) is 0 Å². The maximum atomic E-state index is 12.3. The summed E-state index contributed by atoms with van der Waals surface area (Å²) < 4.78 is 5.46. The lowest BCUT2D eigenvalue weighted by Crippen LogP contribution is -2.46. The summed E-state index contributed by atoms with van der Waals surface area (Å²) in [7, 11) is 0. The van der Waals surface area contributed by atoms with E-state index in [4.69, 9.17) is 4.74 Å². The third kappa shape index (κ3) is 4.45. The minimum atomic E-state index is -0.755. The van der Waals surface area contributed by atoms with E-state index in [-0.39, 0.29) is 30.3 Å². The van der Waals surface area contributed by atoms with Crippen LogP contribution >= 0.6 is 0 Å². The van der Waals surface area contributed by atoms with Crippen molar-refractivity contribution in [2.24, 2.45) is 35.0 Å². The maximum Gasteiger partial charge on any atom is 0.309 e. The lowest BCUT2D eigenvalue weighted by Gasteiger charge is -2.49. The number of aliphatic carboxylic acids is 1. The number of rotatable bonds is 6. The second-order valence-electron chi connectivity index (χ2n) is 9.75. The number of fused-ring (bicyclic) bond motifs is 1. The zero-order chi connectivity index (χ0) is 21.3. The number of carbonyl (C=O) groups excluding carboxylic acids is 1. The Morgan fingerprint density at radius 3 is 2.62 bits per heavy atom. The zero-order valence-corrected chi connectivity index (χ0v) is 18.1. The van der Waals surface area contributed by atoms with Gasteiger partial charge in [0, 0.05) is 6.42 Å². The van der Waals surface area contributed by atoms with Gasteiger partial charge in [0.2, 0.25) is 0 Å². The molecular weight excluding hydrogens is 368 g/mol. The highest BCUT2D eigenvalue weighted by molar-refractivity contribution is 5.74. The Kier molecular flexibility index (Phi) is 6.57. The third-order valence-electron chi connectivity index (χ3n) is 7.75. The van der Waals surface area contributed by atoms with Gasteiger partial charge in [-0.05, 0) is 67.8 Å². The number of allylic oxidation sites excluding steroid dienone is 4. The third-order valence-corrected chi connectivity index (χ3v) is 7.75. The van der Waals surface area contributed by atoms with Crippen molar-refractivity contribution in [2.75, 3.05) is 0 Å². The van der Waals surface area contributed by atoms with Crippen LogP contribution in [0.4, 0.5) is 0 Å². The molecule has 0 aromatic rings. The van der Waals surface area contributed by atoms with Crippen LogP contribution in [0.1, 0.15) is 66.2 Å². The number of carbonyl (C=O) groups is 2. The van der Waals surface area contributed by atoms with Gasteiger partial charge in [-0.1, -0.05) is 39.0 Å². The highest BCUT2D eigenvalue weighted by atomic mass is 16.5. The summed E-state index contributed by atoms with van der Waals surface area (Å²) in [4.78, 5) is 24.0. The summed E-state index contributed by atoms with van der Waals surface area (Å²) in [5.41, 5.74) is 0.521. The topological polar surface area (TPSA) is 83.8 Å². The summed E-state index contributed by atoms with van der Waals surface area (Å²) in [6.07, 6.45) is 9.58. The molecule has 0 unspecified atom stereocenters. The SMILES string of the molecule is CC[C@](C)(C(=O)O)[C@H]1C[C@@H](C)C=C2C=C[C@H](C)[C@H](CC[C@@H]3C[C@@H](O)CC(=O)O3)[C@@H]21. The molecule has 2 N–H and O–H groups in total. The molecule has 0 amide bonds. The first-order valence-electron chi connectivity index (χ1n) is 11.2. The highest BCUT2D eigenvalue weighted by Gasteiger charge is 2.50. The lowest BCUT2D eigenvalue weighted by atomic mass is 9.55. The highest BCUT2D eigenvalue weighted by Crippen LogP contribution is 2.53.